The third kappa shape index (κ3) is 4.42. The fourth-order valence-electron chi connectivity index (χ4n) is 3.99. The van der Waals surface area contributed by atoms with Gasteiger partial charge in [0.15, 0.2) is 9.84 Å². The van der Waals surface area contributed by atoms with E-state index in [2.05, 4.69) is 27.3 Å². The minimum Gasteiger partial charge on any atom is -0.378 e. The van der Waals surface area contributed by atoms with Crippen molar-refractivity contribution >= 4 is 32.7 Å². The van der Waals surface area contributed by atoms with E-state index >= 15 is 0 Å². The van der Waals surface area contributed by atoms with Crippen molar-refractivity contribution in [2.45, 2.75) is 11.8 Å². The Morgan fingerprint density at radius 2 is 1.70 bits per heavy atom. The van der Waals surface area contributed by atoms with E-state index in [9.17, 15) is 8.42 Å². The molecule has 1 fully saturated rings. The van der Waals surface area contributed by atoms with E-state index < -0.39 is 9.84 Å². The molecule has 9 heteroatoms. The van der Waals surface area contributed by atoms with Crippen LogP contribution in [0.25, 0.3) is 16.8 Å². The standard InChI is InChI=1S/C24H25N5O3S/c1-17-15-22(18-3-9-21(10-4-18)33(2,30)31)29-23(17)16-25-24(27-29)26-19-5-7-20(8-6-19)28-11-13-32-14-12-28/h3-10,15-16H,11-14H2,1-2H3,(H,26,27). The zero-order chi connectivity index (χ0) is 23.0. The van der Waals surface area contributed by atoms with Crippen LogP contribution in [0.1, 0.15) is 5.56 Å². The fraction of sp³-hybridized carbons (Fsp3) is 0.250. The largest absolute Gasteiger partial charge is 0.378 e. The van der Waals surface area contributed by atoms with Gasteiger partial charge in [0, 0.05) is 36.3 Å². The number of aromatic nitrogens is 3. The number of anilines is 3. The van der Waals surface area contributed by atoms with Gasteiger partial charge in [0.05, 0.1) is 35.5 Å². The number of aryl methyl sites for hydroxylation is 1. The van der Waals surface area contributed by atoms with Crippen LogP contribution in [-0.2, 0) is 14.6 Å². The highest BCUT2D eigenvalue weighted by molar-refractivity contribution is 7.90. The molecular weight excluding hydrogens is 438 g/mol. The van der Waals surface area contributed by atoms with Gasteiger partial charge in [-0.2, -0.15) is 0 Å². The van der Waals surface area contributed by atoms with Crippen molar-refractivity contribution in [3.05, 3.63) is 66.4 Å². The van der Waals surface area contributed by atoms with Crippen molar-refractivity contribution in [1.82, 2.24) is 14.6 Å². The van der Waals surface area contributed by atoms with E-state index in [1.165, 1.54) is 11.9 Å². The summed E-state index contributed by atoms with van der Waals surface area (Å²) >= 11 is 0. The highest BCUT2D eigenvalue weighted by Crippen LogP contribution is 2.27. The number of morpholine rings is 1. The van der Waals surface area contributed by atoms with Crippen molar-refractivity contribution in [2.24, 2.45) is 0 Å². The molecule has 33 heavy (non-hydrogen) atoms. The summed E-state index contributed by atoms with van der Waals surface area (Å²) in [6, 6.07) is 17.1. The third-order valence-corrected chi connectivity index (χ3v) is 6.92. The molecule has 0 unspecified atom stereocenters. The van der Waals surface area contributed by atoms with Gasteiger partial charge in [-0.05, 0) is 55.0 Å². The summed E-state index contributed by atoms with van der Waals surface area (Å²) in [5.74, 6) is 0.478. The predicted molar refractivity (Wildman–Crippen MR) is 129 cm³/mol. The SMILES string of the molecule is Cc1cc(-c2ccc(S(C)(=O)=O)cc2)n2nc(Nc3ccc(N4CCOCC4)cc3)ncc12. The molecule has 0 saturated carbocycles. The van der Waals surface area contributed by atoms with Gasteiger partial charge in [-0.1, -0.05) is 12.1 Å². The predicted octanol–water partition coefficient (Wildman–Crippen LogP) is 3.69. The minimum atomic E-state index is -3.24. The molecule has 0 atom stereocenters. The second-order valence-corrected chi connectivity index (χ2v) is 10.2. The normalized spacial score (nSPS) is 14.5. The van der Waals surface area contributed by atoms with Gasteiger partial charge in [-0.3, -0.25) is 0 Å². The Bertz CT molecular complexity index is 1390. The molecule has 1 aliphatic rings. The molecule has 0 aliphatic carbocycles. The summed E-state index contributed by atoms with van der Waals surface area (Å²) in [7, 11) is -3.24. The first-order valence-corrected chi connectivity index (χ1v) is 12.6. The third-order valence-electron chi connectivity index (χ3n) is 5.80. The highest BCUT2D eigenvalue weighted by Gasteiger charge is 2.14. The molecule has 170 valence electrons. The molecule has 1 aliphatic heterocycles. The van der Waals surface area contributed by atoms with Crippen LogP contribution in [0.15, 0.2) is 65.7 Å². The summed E-state index contributed by atoms with van der Waals surface area (Å²) in [4.78, 5) is 7.08. The van der Waals surface area contributed by atoms with Crippen LogP contribution in [-0.4, -0.2) is 55.6 Å². The number of nitrogens with one attached hydrogen (secondary N) is 1. The van der Waals surface area contributed by atoms with Gasteiger partial charge in [0.2, 0.25) is 5.95 Å². The lowest BCUT2D eigenvalue weighted by molar-refractivity contribution is 0.122. The van der Waals surface area contributed by atoms with Crippen LogP contribution >= 0.6 is 0 Å². The first-order valence-electron chi connectivity index (χ1n) is 10.7. The second kappa shape index (κ2) is 8.49. The number of benzene rings is 2. The van der Waals surface area contributed by atoms with E-state index in [4.69, 9.17) is 9.84 Å². The van der Waals surface area contributed by atoms with Crippen LogP contribution in [0.4, 0.5) is 17.3 Å². The van der Waals surface area contributed by atoms with E-state index in [-0.39, 0.29) is 0 Å². The van der Waals surface area contributed by atoms with E-state index in [0.29, 0.717) is 10.8 Å². The van der Waals surface area contributed by atoms with Crippen LogP contribution in [0.2, 0.25) is 0 Å². The molecule has 0 spiro atoms. The Labute approximate surface area is 192 Å². The van der Waals surface area contributed by atoms with Gasteiger partial charge in [-0.25, -0.2) is 17.9 Å². The quantitative estimate of drug-likeness (QED) is 0.483. The molecule has 0 radical (unpaired) electrons. The molecule has 0 bridgehead atoms. The number of sulfone groups is 1. The zero-order valence-electron chi connectivity index (χ0n) is 18.5. The number of fused-ring (bicyclic) bond motifs is 1. The number of nitrogens with zero attached hydrogens (tertiary/aromatic N) is 4. The summed E-state index contributed by atoms with van der Waals surface area (Å²) in [6.07, 6.45) is 3.00. The maximum Gasteiger partial charge on any atom is 0.245 e. The Hall–Kier alpha value is -3.43. The lowest BCUT2D eigenvalue weighted by Gasteiger charge is -2.28. The molecule has 1 saturated heterocycles. The van der Waals surface area contributed by atoms with Crippen molar-refractivity contribution in [1.29, 1.82) is 0 Å². The van der Waals surface area contributed by atoms with Gasteiger partial charge in [-0.15, -0.1) is 5.10 Å². The maximum absolute atomic E-state index is 11.8. The van der Waals surface area contributed by atoms with E-state index in [1.54, 1.807) is 30.5 Å². The topological polar surface area (TPSA) is 88.8 Å². The van der Waals surface area contributed by atoms with Gasteiger partial charge >= 0.3 is 0 Å². The van der Waals surface area contributed by atoms with E-state index in [0.717, 1.165) is 54.3 Å². The Morgan fingerprint density at radius 3 is 2.36 bits per heavy atom. The molecule has 8 nitrogen and oxygen atoms in total. The number of rotatable bonds is 5. The molecule has 2 aromatic heterocycles. The summed E-state index contributed by atoms with van der Waals surface area (Å²) in [5, 5.41) is 7.98. The van der Waals surface area contributed by atoms with Crippen molar-refractivity contribution < 1.29 is 13.2 Å². The highest BCUT2D eigenvalue weighted by atomic mass is 32.2. The van der Waals surface area contributed by atoms with Crippen LogP contribution in [0.5, 0.6) is 0 Å². The number of hydrogen-bond acceptors (Lipinski definition) is 7. The molecule has 1 N–H and O–H groups in total. The molecule has 5 rings (SSSR count). The van der Waals surface area contributed by atoms with Crippen molar-refractivity contribution in [3.63, 3.8) is 0 Å². The van der Waals surface area contributed by atoms with Crippen molar-refractivity contribution in [3.8, 4) is 11.3 Å². The summed E-state index contributed by atoms with van der Waals surface area (Å²) < 4.78 is 30.8. The van der Waals surface area contributed by atoms with E-state index in [1.807, 2.05) is 29.6 Å². The monoisotopic (exact) mass is 463 g/mol. The van der Waals surface area contributed by atoms with Crippen LogP contribution in [0.3, 0.4) is 0 Å². The fourth-order valence-corrected chi connectivity index (χ4v) is 4.62. The van der Waals surface area contributed by atoms with Gasteiger partial charge < -0.3 is 15.0 Å². The maximum atomic E-state index is 11.8. The molecule has 2 aromatic carbocycles. The minimum absolute atomic E-state index is 0.293. The molecule has 0 amide bonds. The zero-order valence-corrected chi connectivity index (χ0v) is 19.3. The Kier molecular flexibility index (Phi) is 5.51. The van der Waals surface area contributed by atoms with Crippen molar-refractivity contribution in [2.75, 3.05) is 42.8 Å². The second-order valence-electron chi connectivity index (χ2n) is 8.16. The molecular formula is C24H25N5O3S. The number of ether oxygens (including phenoxy) is 1. The van der Waals surface area contributed by atoms with Gasteiger partial charge in [0.1, 0.15) is 0 Å². The lowest BCUT2D eigenvalue weighted by Crippen LogP contribution is -2.36. The average molecular weight is 464 g/mol. The molecule has 3 heterocycles. The summed E-state index contributed by atoms with van der Waals surface area (Å²) in [6.45, 7) is 5.30. The van der Waals surface area contributed by atoms with Crippen LogP contribution in [0, 0.1) is 6.92 Å². The lowest BCUT2D eigenvalue weighted by atomic mass is 10.1. The molecule has 4 aromatic rings. The van der Waals surface area contributed by atoms with Crippen LogP contribution < -0.4 is 10.2 Å². The first kappa shape index (κ1) is 21.4. The number of hydrogen-bond donors (Lipinski definition) is 1. The average Bonchev–Trinajstić information content (AvgIpc) is 3.15. The summed E-state index contributed by atoms with van der Waals surface area (Å²) in [5.41, 5.74) is 5.75. The Balaban J connectivity index is 1.42. The smallest absolute Gasteiger partial charge is 0.245 e. The first-order chi connectivity index (χ1) is 15.9. The van der Waals surface area contributed by atoms with Gasteiger partial charge in [0.25, 0.3) is 0 Å². The Morgan fingerprint density at radius 1 is 1.00 bits per heavy atom.